The van der Waals surface area contributed by atoms with Crippen LogP contribution in [-0.4, -0.2) is 26.4 Å². The molecule has 136 valence electrons. The van der Waals surface area contributed by atoms with Gasteiger partial charge in [-0.05, 0) is 43.7 Å². The van der Waals surface area contributed by atoms with E-state index in [9.17, 15) is 4.79 Å². The monoisotopic (exact) mass is 406 g/mol. The third-order valence-corrected chi connectivity index (χ3v) is 5.69. The first kappa shape index (κ1) is 18.9. The van der Waals surface area contributed by atoms with Crippen molar-refractivity contribution in [3.63, 3.8) is 0 Å². The molecule has 8 heteroatoms. The van der Waals surface area contributed by atoms with Crippen LogP contribution in [0.25, 0.3) is 11.4 Å². The van der Waals surface area contributed by atoms with Crippen LogP contribution in [0.15, 0.2) is 40.9 Å². The maximum absolute atomic E-state index is 12.2. The lowest BCUT2D eigenvalue weighted by Gasteiger charge is -2.08. The van der Waals surface area contributed by atoms with Gasteiger partial charge in [-0.25, -0.2) is 0 Å². The normalized spacial score (nSPS) is 10.9. The van der Waals surface area contributed by atoms with Crippen molar-refractivity contribution >= 4 is 46.3 Å². The summed E-state index contributed by atoms with van der Waals surface area (Å²) >= 11 is 8.95. The summed E-state index contributed by atoms with van der Waals surface area (Å²) in [6.07, 6.45) is 0.971. The van der Waals surface area contributed by atoms with Gasteiger partial charge in [0.05, 0.1) is 5.75 Å². The van der Waals surface area contributed by atoms with Crippen molar-refractivity contribution in [2.45, 2.75) is 32.0 Å². The van der Waals surface area contributed by atoms with Crippen LogP contribution in [0.3, 0.4) is 0 Å². The second-order valence-electron chi connectivity index (χ2n) is 5.75. The summed E-state index contributed by atoms with van der Waals surface area (Å²) in [6.45, 7) is 5.01. The van der Waals surface area contributed by atoms with Gasteiger partial charge in [0.2, 0.25) is 5.91 Å². The van der Waals surface area contributed by atoms with Crippen LogP contribution in [0.5, 0.6) is 0 Å². The summed E-state index contributed by atoms with van der Waals surface area (Å²) in [5, 5.41) is 15.0. The number of carbonyl (C=O) groups is 1. The molecule has 26 heavy (non-hydrogen) atoms. The molecule has 0 saturated heterocycles. The highest BCUT2D eigenvalue weighted by atomic mass is 35.5. The number of hydrogen-bond acceptors (Lipinski definition) is 5. The number of rotatable bonds is 7. The smallest absolute Gasteiger partial charge is 0.234 e. The van der Waals surface area contributed by atoms with Gasteiger partial charge in [-0.3, -0.25) is 4.79 Å². The predicted octanol–water partition coefficient (Wildman–Crippen LogP) is 5.11. The zero-order valence-corrected chi connectivity index (χ0v) is 16.9. The van der Waals surface area contributed by atoms with E-state index in [0.717, 1.165) is 35.2 Å². The first-order valence-corrected chi connectivity index (χ1v) is 10.5. The quantitative estimate of drug-likeness (QED) is 0.554. The van der Waals surface area contributed by atoms with Crippen molar-refractivity contribution in [3.05, 3.63) is 45.6 Å². The van der Waals surface area contributed by atoms with Gasteiger partial charge in [0.1, 0.15) is 0 Å². The Hall–Kier alpha value is -1.83. The molecule has 0 aliphatic carbocycles. The number of benzene rings is 1. The Morgan fingerprint density at radius 3 is 2.73 bits per heavy atom. The minimum atomic E-state index is -0.0868. The van der Waals surface area contributed by atoms with Crippen LogP contribution in [0.2, 0.25) is 5.02 Å². The highest BCUT2D eigenvalue weighted by Gasteiger charge is 2.16. The van der Waals surface area contributed by atoms with Crippen molar-refractivity contribution < 1.29 is 4.79 Å². The molecule has 0 fully saturated rings. The number of nitrogens with zero attached hydrogens (tertiary/aromatic N) is 3. The lowest BCUT2D eigenvalue weighted by Crippen LogP contribution is -2.14. The Kier molecular flexibility index (Phi) is 6.34. The van der Waals surface area contributed by atoms with Crippen molar-refractivity contribution in [1.82, 2.24) is 14.8 Å². The Morgan fingerprint density at radius 2 is 2.08 bits per heavy atom. The number of aryl methyl sites for hydroxylation is 1. The summed E-state index contributed by atoms with van der Waals surface area (Å²) in [4.78, 5) is 13.4. The average molecular weight is 407 g/mol. The fourth-order valence-corrected chi connectivity index (χ4v) is 4.03. The second kappa shape index (κ2) is 8.70. The molecule has 0 radical (unpaired) electrons. The minimum Gasteiger partial charge on any atom is -0.325 e. The van der Waals surface area contributed by atoms with Crippen molar-refractivity contribution in [3.8, 4) is 11.4 Å². The van der Waals surface area contributed by atoms with E-state index in [1.807, 2.05) is 0 Å². The molecule has 0 unspecified atom stereocenters. The fraction of sp³-hybridized carbons (Fsp3) is 0.278. The average Bonchev–Trinajstić information content (AvgIpc) is 3.22. The molecule has 1 aromatic carbocycles. The van der Waals surface area contributed by atoms with E-state index in [2.05, 4.69) is 45.4 Å². The number of carbonyl (C=O) groups excluding carboxylic acids is 1. The number of amides is 1. The van der Waals surface area contributed by atoms with Gasteiger partial charge in [0.15, 0.2) is 11.0 Å². The Bertz CT molecular complexity index is 889. The van der Waals surface area contributed by atoms with E-state index < -0.39 is 0 Å². The number of thioether (sulfide) groups is 1. The molecule has 0 saturated carbocycles. The van der Waals surface area contributed by atoms with Gasteiger partial charge in [-0.15, -0.1) is 21.5 Å². The zero-order chi connectivity index (χ0) is 18.5. The van der Waals surface area contributed by atoms with Crippen molar-refractivity contribution in [2.24, 2.45) is 0 Å². The predicted molar refractivity (Wildman–Crippen MR) is 109 cm³/mol. The molecule has 3 rings (SSSR count). The van der Waals surface area contributed by atoms with Gasteiger partial charge in [0, 0.05) is 33.1 Å². The third kappa shape index (κ3) is 4.66. The van der Waals surface area contributed by atoms with Crippen LogP contribution in [0.1, 0.15) is 18.2 Å². The maximum Gasteiger partial charge on any atom is 0.234 e. The third-order valence-electron chi connectivity index (χ3n) is 3.61. The number of anilines is 1. The van der Waals surface area contributed by atoms with Gasteiger partial charge < -0.3 is 9.88 Å². The van der Waals surface area contributed by atoms with Crippen LogP contribution < -0.4 is 5.32 Å². The molecule has 0 atom stereocenters. The summed E-state index contributed by atoms with van der Waals surface area (Å²) < 4.78 is 2.09. The number of halogens is 1. The van der Waals surface area contributed by atoms with E-state index in [0.29, 0.717) is 5.02 Å². The largest absolute Gasteiger partial charge is 0.325 e. The number of aromatic nitrogens is 3. The maximum atomic E-state index is 12.2. The Balaban J connectivity index is 1.68. The lowest BCUT2D eigenvalue weighted by molar-refractivity contribution is -0.113. The van der Waals surface area contributed by atoms with E-state index in [4.69, 9.17) is 11.6 Å². The molecule has 5 nitrogen and oxygen atoms in total. The summed E-state index contributed by atoms with van der Waals surface area (Å²) in [5.74, 6) is 1.04. The topological polar surface area (TPSA) is 59.8 Å². The molecular formula is C18H19ClN4OS2. The van der Waals surface area contributed by atoms with Gasteiger partial charge in [-0.1, -0.05) is 30.3 Å². The molecule has 1 N–H and O–H groups in total. The standard InChI is InChI=1S/C18H19ClN4OS2/c1-3-8-23-17(13-9-12(2)25-10-13)21-22-18(23)26-11-16(24)20-15-6-4-14(19)5-7-15/h4-7,9-10H,3,8,11H2,1-2H3,(H,20,24). The summed E-state index contributed by atoms with van der Waals surface area (Å²) in [6, 6.07) is 9.17. The van der Waals surface area contributed by atoms with Crippen LogP contribution in [-0.2, 0) is 11.3 Å². The molecule has 0 spiro atoms. The SMILES string of the molecule is CCCn1c(SCC(=O)Nc2ccc(Cl)cc2)nnc1-c1csc(C)c1. The first-order chi connectivity index (χ1) is 12.6. The van der Waals surface area contributed by atoms with E-state index in [1.54, 1.807) is 35.6 Å². The van der Waals surface area contributed by atoms with Crippen LogP contribution in [0.4, 0.5) is 5.69 Å². The minimum absolute atomic E-state index is 0.0868. The molecule has 2 heterocycles. The molecular weight excluding hydrogens is 388 g/mol. The molecule has 2 aromatic heterocycles. The van der Waals surface area contributed by atoms with Gasteiger partial charge in [-0.2, -0.15) is 0 Å². The van der Waals surface area contributed by atoms with E-state index in [-0.39, 0.29) is 11.7 Å². The number of thiophene rings is 1. The highest BCUT2D eigenvalue weighted by Crippen LogP contribution is 2.28. The fourth-order valence-electron chi connectivity index (χ4n) is 2.46. The molecule has 0 aliphatic heterocycles. The van der Waals surface area contributed by atoms with Gasteiger partial charge in [0.25, 0.3) is 0 Å². The first-order valence-electron chi connectivity index (χ1n) is 8.23. The van der Waals surface area contributed by atoms with E-state index in [1.165, 1.54) is 16.6 Å². The van der Waals surface area contributed by atoms with Gasteiger partial charge >= 0.3 is 0 Å². The molecule has 3 aromatic rings. The lowest BCUT2D eigenvalue weighted by atomic mass is 10.3. The number of nitrogens with one attached hydrogen (secondary N) is 1. The Morgan fingerprint density at radius 1 is 1.31 bits per heavy atom. The molecule has 1 amide bonds. The van der Waals surface area contributed by atoms with Crippen LogP contribution >= 0.6 is 34.7 Å². The van der Waals surface area contributed by atoms with Crippen molar-refractivity contribution in [1.29, 1.82) is 0 Å². The Labute approximate surface area is 165 Å². The summed E-state index contributed by atoms with van der Waals surface area (Å²) in [5.41, 5.74) is 1.80. The number of hydrogen-bond donors (Lipinski definition) is 1. The summed E-state index contributed by atoms with van der Waals surface area (Å²) in [7, 11) is 0. The van der Waals surface area contributed by atoms with Crippen molar-refractivity contribution in [2.75, 3.05) is 11.1 Å². The molecule has 0 bridgehead atoms. The van der Waals surface area contributed by atoms with Crippen LogP contribution in [0, 0.1) is 6.92 Å². The molecule has 0 aliphatic rings. The zero-order valence-electron chi connectivity index (χ0n) is 14.5. The van der Waals surface area contributed by atoms with E-state index >= 15 is 0 Å². The highest BCUT2D eigenvalue weighted by molar-refractivity contribution is 7.99. The second-order valence-corrected chi connectivity index (χ2v) is 8.24.